The zero-order valence-corrected chi connectivity index (χ0v) is 13.1. The van der Waals surface area contributed by atoms with Gasteiger partial charge < -0.3 is 9.47 Å². The highest BCUT2D eigenvalue weighted by molar-refractivity contribution is 5.94. The van der Waals surface area contributed by atoms with Crippen molar-refractivity contribution >= 4 is 23.7 Å². The lowest BCUT2D eigenvalue weighted by atomic mass is 10.1. The molecule has 1 aromatic rings. The highest BCUT2D eigenvalue weighted by Crippen LogP contribution is 2.18. The van der Waals surface area contributed by atoms with Gasteiger partial charge in [-0.2, -0.15) is 0 Å². The van der Waals surface area contributed by atoms with Crippen molar-refractivity contribution in [1.29, 1.82) is 0 Å². The topological polar surface area (TPSA) is 95.7 Å². The molecule has 0 saturated carbocycles. The van der Waals surface area contributed by atoms with Crippen LogP contribution in [0.3, 0.4) is 0 Å². The summed E-state index contributed by atoms with van der Waals surface area (Å²) in [4.78, 5) is 33.7. The minimum absolute atomic E-state index is 0.0351. The van der Waals surface area contributed by atoms with E-state index in [1.165, 1.54) is 24.3 Å². The largest absolute Gasteiger partial charge is 0.466 e. The Labute approximate surface area is 134 Å². The molecule has 0 unspecified atom stereocenters. The van der Waals surface area contributed by atoms with Crippen molar-refractivity contribution in [2.24, 2.45) is 0 Å². The van der Waals surface area contributed by atoms with E-state index in [9.17, 15) is 19.7 Å². The molecule has 0 heterocycles. The Hall–Kier alpha value is -2.70. The molecule has 7 nitrogen and oxygen atoms in total. The molecule has 0 fully saturated rings. The molecule has 0 amide bonds. The van der Waals surface area contributed by atoms with Crippen molar-refractivity contribution in [1.82, 2.24) is 0 Å². The summed E-state index contributed by atoms with van der Waals surface area (Å²) in [5, 5.41) is 10.8. The van der Waals surface area contributed by atoms with Crippen molar-refractivity contribution < 1.29 is 24.0 Å². The maximum Gasteiger partial charge on any atom is 0.334 e. The second kappa shape index (κ2) is 9.34. The first-order valence-corrected chi connectivity index (χ1v) is 7.25. The molecule has 0 aliphatic heterocycles. The summed E-state index contributed by atoms with van der Waals surface area (Å²) in [6, 6.07) is 5.87. The molecule has 0 spiro atoms. The number of carbonyl (C=O) groups is 2. The third-order valence-corrected chi connectivity index (χ3v) is 2.86. The summed E-state index contributed by atoms with van der Waals surface area (Å²) in [5.41, 5.74) is 0.680. The van der Waals surface area contributed by atoms with Gasteiger partial charge in [0.2, 0.25) is 0 Å². The van der Waals surface area contributed by atoms with Gasteiger partial charge in [0, 0.05) is 24.1 Å². The van der Waals surface area contributed by atoms with E-state index in [4.69, 9.17) is 9.47 Å². The maximum atomic E-state index is 12.0. The van der Waals surface area contributed by atoms with Crippen molar-refractivity contribution in [2.45, 2.75) is 26.7 Å². The predicted molar refractivity (Wildman–Crippen MR) is 83.6 cm³/mol. The standard InChI is InChI=1S/C16H19NO6/c1-3-22-15(18)9-8-13(16(19)23-4-2)10-12-6-5-7-14(11-12)17(20)21/h5-7,10-11H,3-4,8-9H2,1-2H3/b13-10+. The molecular formula is C16H19NO6. The summed E-state index contributed by atoms with van der Waals surface area (Å²) >= 11 is 0. The third-order valence-electron chi connectivity index (χ3n) is 2.86. The second-order valence-electron chi connectivity index (χ2n) is 4.55. The number of nitrogens with zero attached hydrogens (tertiary/aromatic N) is 1. The van der Waals surface area contributed by atoms with Crippen LogP contribution in [0.5, 0.6) is 0 Å². The van der Waals surface area contributed by atoms with Crippen LogP contribution in [0.1, 0.15) is 32.3 Å². The molecule has 0 aliphatic rings. The van der Waals surface area contributed by atoms with Gasteiger partial charge in [0.1, 0.15) is 0 Å². The molecule has 0 N–H and O–H groups in total. The van der Waals surface area contributed by atoms with Crippen molar-refractivity contribution in [3.63, 3.8) is 0 Å². The van der Waals surface area contributed by atoms with Gasteiger partial charge in [-0.15, -0.1) is 0 Å². The lowest BCUT2D eigenvalue weighted by molar-refractivity contribution is -0.384. The summed E-state index contributed by atoms with van der Waals surface area (Å²) < 4.78 is 9.78. The summed E-state index contributed by atoms with van der Waals surface area (Å²) in [6.45, 7) is 3.84. The highest BCUT2D eigenvalue weighted by Gasteiger charge is 2.14. The van der Waals surface area contributed by atoms with E-state index in [-0.39, 0.29) is 37.3 Å². The van der Waals surface area contributed by atoms with Crippen molar-refractivity contribution in [3.05, 3.63) is 45.5 Å². The van der Waals surface area contributed by atoms with E-state index >= 15 is 0 Å². The van der Waals surface area contributed by atoms with E-state index in [1.54, 1.807) is 19.9 Å². The number of esters is 2. The summed E-state index contributed by atoms with van der Waals surface area (Å²) in [6.07, 6.45) is 1.66. The first-order valence-electron chi connectivity index (χ1n) is 7.25. The molecule has 0 aromatic heterocycles. The van der Waals surface area contributed by atoms with E-state index in [0.29, 0.717) is 5.56 Å². The average molecular weight is 321 g/mol. The first-order chi connectivity index (χ1) is 11.0. The van der Waals surface area contributed by atoms with E-state index < -0.39 is 16.9 Å². The molecule has 23 heavy (non-hydrogen) atoms. The maximum absolute atomic E-state index is 12.0. The van der Waals surface area contributed by atoms with Crippen LogP contribution in [0.25, 0.3) is 6.08 Å². The number of rotatable bonds is 8. The van der Waals surface area contributed by atoms with Crippen LogP contribution in [-0.2, 0) is 19.1 Å². The molecule has 0 radical (unpaired) electrons. The zero-order valence-electron chi connectivity index (χ0n) is 13.1. The van der Waals surface area contributed by atoms with Crippen LogP contribution in [0, 0.1) is 10.1 Å². The quantitative estimate of drug-likeness (QED) is 0.316. The number of nitro benzene ring substituents is 1. The second-order valence-corrected chi connectivity index (χ2v) is 4.55. The molecule has 0 atom stereocenters. The van der Waals surface area contributed by atoms with Gasteiger partial charge in [-0.3, -0.25) is 14.9 Å². The molecule has 1 aromatic carbocycles. The number of ether oxygens (including phenoxy) is 2. The number of carbonyl (C=O) groups excluding carboxylic acids is 2. The van der Waals surface area contributed by atoms with Crippen LogP contribution in [0.15, 0.2) is 29.8 Å². The van der Waals surface area contributed by atoms with E-state index in [0.717, 1.165) is 0 Å². The van der Waals surface area contributed by atoms with Crippen LogP contribution in [-0.4, -0.2) is 30.1 Å². The fraction of sp³-hybridized carbons (Fsp3) is 0.375. The van der Waals surface area contributed by atoms with Crippen LogP contribution in [0.4, 0.5) is 5.69 Å². The molecule has 0 aliphatic carbocycles. The smallest absolute Gasteiger partial charge is 0.334 e. The molecule has 0 saturated heterocycles. The lowest BCUT2D eigenvalue weighted by Gasteiger charge is -2.07. The fourth-order valence-corrected chi connectivity index (χ4v) is 1.86. The van der Waals surface area contributed by atoms with Crippen LogP contribution < -0.4 is 0 Å². The predicted octanol–water partition coefficient (Wildman–Crippen LogP) is 2.88. The molecule has 124 valence electrons. The SMILES string of the molecule is CCOC(=O)CC/C(=C\c1cccc([N+](=O)[O-])c1)C(=O)OCC. The Bertz CT molecular complexity index is 608. The number of benzene rings is 1. The number of nitro groups is 1. The van der Waals surface area contributed by atoms with Gasteiger partial charge in [0.05, 0.1) is 18.1 Å². The number of hydrogen-bond acceptors (Lipinski definition) is 6. The molecule has 1 rings (SSSR count). The average Bonchev–Trinajstić information content (AvgIpc) is 2.52. The Morgan fingerprint density at radius 3 is 2.48 bits per heavy atom. The van der Waals surface area contributed by atoms with Gasteiger partial charge in [0.15, 0.2) is 0 Å². The lowest BCUT2D eigenvalue weighted by Crippen LogP contribution is -2.11. The van der Waals surface area contributed by atoms with E-state index in [1.807, 2.05) is 0 Å². The number of hydrogen-bond donors (Lipinski definition) is 0. The minimum atomic E-state index is -0.552. The third kappa shape index (κ3) is 6.29. The van der Waals surface area contributed by atoms with Gasteiger partial charge in [-0.05, 0) is 31.9 Å². The van der Waals surface area contributed by atoms with Gasteiger partial charge in [0.25, 0.3) is 5.69 Å². The Morgan fingerprint density at radius 1 is 1.17 bits per heavy atom. The monoisotopic (exact) mass is 321 g/mol. The summed E-state index contributed by atoms with van der Waals surface area (Å²) in [7, 11) is 0. The fourth-order valence-electron chi connectivity index (χ4n) is 1.86. The normalized spacial score (nSPS) is 11.0. The molecule has 0 bridgehead atoms. The molecule has 7 heteroatoms. The minimum Gasteiger partial charge on any atom is -0.466 e. The highest BCUT2D eigenvalue weighted by atomic mass is 16.6. The Morgan fingerprint density at radius 2 is 1.87 bits per heavy atom. The zero-order chi connectivity index (χ0) is 17.2. The van der Waals surface area contributed by atoms with Crippen LogP contribution >= 0.6 is 0 Å². The van der Waals surface area contributed by atoms with Gasteiger partial charge >= 0.3 is 11.9 Å². The van der Waals surface area contributed by atoms with Crippen LogP contribution in [0.2, 0.25) is 0 Å². The summed E-state index contributed by atoms with van der Waals surface area (Å²) in [5.74, 6) is -0.968. The van der Waals surface area contributed by atoms with E-state index in [2.05, 4.69) is 0 Å². The number of non-ortho nitro benzene ring substituents is 1. The van der Waals surface area contributed by atoms with Gasteiger partial charge in [-0.1, -0.05) is 12.1 Å². The molecular weight excluding hydrogens is 302 g/mol. The van der Waals surface area contributed by atoms with Gasteiger partial charge in [-0.25, -0.2) is 4.79 Å². The Balaban J connectivity index is 2.98. The van der Waals surface area contributed by atoms with Crippen molar-refractivity contribution in [3.8, 4) is 0 Å². The first kappa shape index (κ1) is 18.3. The Kier molecular flexibility index (Phi) is 7.45. The van der Waals surface area contributed by atoms with Crippen molar-refractivity contribution in [2.75, 3.05) is 13.2 Å².